The van der Waals surface area contributed by atoms with Gasteiger partial charge in [-0.2, -0.15) is 0 Å². The number of hydrogen-bond acceptors (Lipinski definition) is 0. The molecule has 0 aromatic carbocycles. The Morgan fingerprint density at radius 3 is 1.83 bits per heavy atom. The van der Waals surface area contributed by atoms with Crippen LogP contribution in [0.4, 0.5) is 0 Å². The second-order valence-electron chi connectivity index (χ2n) is 7.47. The highest BCUT2D eigenvalue weighted by atomic mass is 14.2. The van der Waals surface area contributed by atoms with Crippen LogP contribution in [0.15, 0.2) is 35.9 Å². The zero-order valence-corrected chi connectivity index (χ0v) is 17.2. The fourth-order valence-corrected chi connectivity index (χ4v) is 3.31. The maximum atomic E-state index is 2.54. The van der Waals surface area contributed by atoms with Gasteiger partial charge in [-0.05, 0) is 13.8 Å². The molecule has 0 aromatic rings. The molecule has 0 aromatic heterocycles. The summed E-state index contributed by atoms with van der Waals surface area (Å²) in [5.74, 6) is 0. The fraction of sp³-hybridized carbons (Fsp3) is 0.739. The number of allylic oxidation sites excluding steroid dienone is 6. The summed E-state index contributed by atoms with van der Waals surface area (Å²) < 4.78 is 0. The molecule has 1 radical (unpaired) electrons. The lowest BCUT2D eigenvalue weighted by atomic mass is 9.45. The van der Waals surface area contributed by atoms with Crippen LogP contribution in [0.25, 0.3) is 0 Å². The first-order valence-electron chi connectivity index (χ1n) is 10.4. The Hall–Kier alpha value is -0.715. The van der Waals surface area contributed by atoms with Gasteiger partial charge in [-0.25, -0.2) is 0 Å². The molecule has 0 heterocycles. The minimum atomic E-state index is 0.340. The number of hydrogen-bond donors (Lipinski definition) is 0. The zero-order valence-electron chi connectivity index (χ0n) is 17.2. The van der Waals surface area contributed by atoms with Gasteiger partial charge in [0.25, 0.3) is 0 Å². The second-order valence-corrected chi connectivity index (χ2v) is 7.47. The summed E-state index contributed by atoms with van der Waals surface area (Å²) in [6.45, 7) is 11.3. The van der Waals surface area contributed by atoms with Gasteiger partial charge in [-0.15, -0.1) is 0 Å². The van der Waals surface area contributed by atoms with Gasteiger partial charge in [0.2, 0.25) is 0 Å². The maximum absolute atomic E-state index is 2.54. The third-order valence-corrected chi connectivity index (χ3v) is 4.81. The van der Waals surface area contributed by atoms with E-state index in [0.29, 0.717) is 5.31 Å². The van der Waals surface area contributed by atoms with E-state index in [1.165, 1.54) is 76.1 Å². The first-order valence-corrected chi connectivity index (χ1v) is 10.4. The molecule has 0 spiro atoms. The number of rotatable bonds is 15. The molecule has 0 N–H and O–H groups in total. The Morgan fingerprint density at radius 1 is 0.792 bits per heavy atom. The third-order valence-electron chi connectivity index (χ3n) is 4.81. The van der Waals surface area contributed by atoms with Gasteiger partial charge in [0.05, 0.1) is 0 Å². The molecule has 0 nitrogen and oxygen atoms in total. The summed E-state index contributed by atoms with van der Waals surface area (Å²) in [6.07, 6.45) is 25.9. The molecule has 1 unspecified atom stereocenters. The molecular formula is C23H42B. The highest BCUT2D eigenvalue weighted by Crippen LogP contribution is 2.39. The number of unbranched alkanes of at least 4 members (excludes halogenated alkanes) is 7. The minimum absolute atomic E-state index is 0.340. The van der Waals surface area contributed by atoms with Crippen LogP contribution in [0.2, 0.25) is 5.31 Å². The van der Waals surface area contributed by atoms with Gasteiger partial charge in [0.15, 0.2) is 7.28 Å². The van der Waals surface area contributed by atoms with Crippen LogP contribution < -0.4 is 0 Å². The van der Waals surface area contributed by atoms with Crippen molar-refractivity contribution in [2.24, 2.45) is 0 Å². The summed E-state index contributed by atoms with van der Waals surface area (Å²) in [4.78, 5) is 0. The van der Waals surface area contributed by atoms with Crippen molar-refractivity contribution in [2.75, 3.05) is 0 Å². The lowest BCUT2D eigenvalue weighted by Gasteiger charge is -2.30. The van der Waals surface area contributed by atoms with Crippen molar-refractivity contribution in [2.45, 2.75) is 111 Å². The van der Waals surface area contributed by atoms with E-state index in [0.717, 1.165) is 0 Å². The average Bonchev–Trinajstić information content (AvgIpc) is 2.57. The molecule has 0 rings (SSSR count). The van der Waals surface area contributed by atoms with E-state index in [4.69, 9.17) is 0 Å². The minimum Gasteiger partial charge on any atom is -0.0882 e. The molecule has 0 saturated carbocycles. The van der Waals surface area contributed by atoms with Crippen molar-refractivity contribution in [3.63, 3.8) is 0 Å². The van der Waals surface area contributed by atoms with E-state index in [1.807, 2.05) is 0 Å². The zero-order chi connectivity index (χ0) is 18.1. The molecule has 0 amide bonds. The lowest BCUT2D eigenvalue weighted by Crippen LogP contribution is -2.19. The van der Waals surface area contributed by atoms with Crippen molar-refractivity contribution in [1.82, 2.24) is 0 Å². The Balaban J connectivity index is 4.73. The van der Waals surface area contributed by atoms with Crippen LogP contribution in [0, 0.1) is 0 Å². The lowest BCUT2D eigenvalue weighted by molar-refractivity contribution is 0.450. The molecule has 0 bridgehead atoms. The molecule has 0 saturated heterocycles. The van der Waals surface area contributed by atoms with E-state index in [1.54, 1.807) is 0 Å². The molecule has 1 atom stereocenters. The van der Waals surface area contributed by atoms with E-state index in [2.05, 4.69) is 72.3 Å². The molecular weight excluding hydrogens is 287 g/mol. The first-order chi connectivity index (χ1) is 11.6. The quantitative estimate of drug-likeness (QED) is 0.161. The highest BCUT2D eigenvalue weighted by Gasteiger charge is 2.25. The summed E-state index contributed by atoms with van der Waals surface area (Å²) in [5, 5.41) is 0.340. The van der Waals surface area contributed by atoms with Crippen LogP contribution in [0.3, 0.4) is 0 Å². The SMILES string of the molecule is C\C=C/C=C([B]C(C)(CCCCCC)CCCCCCC)\C=C/C. The predicted octanol–water partition coefficient (Wildman–Crippen LogP) is 8.24. The molecule has 24 heavy (non-hydrogen) atoms. The van der Waals surface area contributed by atoms with Crippen LogP contribution in [-0.4, -0.2) is 7.28 Å². The molecule has 0 aliphatic rings. The molecule has 0 fully saturated rings. The van der Waals surface area contributed by atoms with Crippen molar-refractivity contribution in [1.29, 1.82) is 0 Å². The summed E-state index contributed by atoms with van der Waals surface area (Å²) in [5.41, 5.74) is 1.36. The summed E-state index contributed by atoms with van der Waals surface area (Å²) in [7, 11) is 2.54. The topological polar surface area (TPSA) is 0 Å². The van der Waals surface area contributed by atoms with Crippen molar-refractivity contribution >= 4 is 7.28 Å². The van der Waals surface area contributed by atoms with Gasteiger partial charge in [0.1, 0.15) is 0 Å². The van der Waals surface area contributed by atoms with E-state index >= 15 is 0 Å². The van der Waals surface area contributed by atoms with Gasteiger partial charge in [0, 0.05) is 0 Å². The van der Waals surface area contributed by atoms with Gasteiger partial charge >= 0.3 is 0 Å². The first kappa shape index (κ1) is 23.3. The van der Waals surface area contributed by atoms with Crippen LogP contribution in [0.5, 0.6) is 0 Å². The Labute approximate surface area is 154 Å². The second kappa shape index (κ2) is 15.8. The van der Waals surface area contributed by atoms with Gasteiger partial charge in [-0.1, -0.05) is 133 Å². The summed E-state index contributed by atoms with van der Waals surface area (Å²) >= 11 is 0. The molecule has 0 aliphatic heterocycles. The fourth-order valence-electron chi connectivity index (χ4n) is 3.31. The Morgan fingerprint density at radius 2 is 1.33 bits per heavy atom. The normalized spacial score (nSPS) is 15.3. The molecule has 137 valence electrons. The van der Waals surface area contributed by atoms with Crippen LogP contribution in [0.1, 0.15) is 105 Å². The largest absolute Gasteiger partial charge is 0.158 e. The Kier molecular flexibility index (Phi) is 15.3. The van der Waals surface area contributed by atoms with E-state index in [9.17, 15) is 0 Å². The van der Waals surface area contributed by atoms with E-state index < -0.39 is 0 Å². The van der Waals surface area contributed by atoms with E-state index in [-0.39, 0.29) is 0 Å². The van der Waals surface area contributed by atoms with Crippen molar-refractivity contribution in [3.8, 4) is 0 Å². The predicted molar refractivity (Wildman–Crippen MR) is 114 cm³/mol. The van der Waals surface area contributed by atoms with Crippen molar-refractivity contribution in [3.05, 3.63) is 35.9 Å². The Bertz CT molecular complexity index is 364. The smallest absolute Gasteiger partial charge is 0.0882 e. The van der Waals surface area contributed by atoms with Gasteiger partial charge in [-0.3, -0.25) is 0 Å². The third kappa shape index (κ3) is 12.7. The monoisotopic (exact) mass is 329 g/mol. The standard InChI is InChI=1S/C23H42B/c1-6-10-13-15-17-21-23(5,20-16-14-11-7-2)24-22(18-9-4)19-12-8-3/h8-9,12,18-19H,6-7,10-11,13-17,20-21H2,1-5H3/b12-8-,18-9-,22-19+. The molecule has 1 heteroatoms. The van der Waals surface area contributed by atoms with Crippen LogP contribution >= 0.6 is 0 Å². The van der Waals surface area contributed by atoms with Gasteiger partial charge < -0.3 is 0 Å². The van der Waals surface area contributed by atoms with Crippen LogP contribution in [-0.2, 0) is 0 Å². The summed E-state index contributed by atoms with van der Waals surface area (Å²) in [6, 6.07) is 0. The van der Waals surface area contributed by atoms with Crippen molar-refractivity contribution < 1.29 is 0 Å². The highest BCUT2D eigenvalue weighted by molar-refractivity contribution is 6.50. The molecule has 0 aliphatic carbocycles. The maximum Gasteiger partial charge on any atom is 0.158 e. The average molecular weight is 329 g/mol.